The lowest BCUT2D eigenvalue weighted by molar-refractivity contribution is 0.798. The molecule has 3 N–H and O–H groups in total. The summed E-state index contributed by atoms with van der Waals surface area (Å²) in [6, 6.07) is 3.85. The molecule has 0 atom stereocenters. The molecule has 2 aromatic rings. The minimum absolute atomic E-state index is 0.391. The third-order valence-corrected chi connectivity index (χ3v) is 2.20. The summed E-state index contributed by atoms with van der Waals surface area (Å²) in [6.07, 6.45) is 0. The van der Waals surface area contributed by atoms with E-state index in [2.05, 4.69) is 20.5 Å². The molecule has 0 fully saturated rings. The van der Waals surface area contributed by atoms with Crippen molar-refractivity contribution in [2.75, 3.05) is 5.43 Å². The summed E-state index contributed by atoms with van der Waals surface area (Å²) in [5, 5.41) is 4.35. The minimum Gasteiger partial charge on any atom is -0.292 e. The second kappa shape index (κ2) is 3.90. The SMILES string of the molecule is Cc1cc(-n2nc(C)cc2C)nc(NN)n1. The van der Waals surface area contributed by atoms with Crippen molar-refractivity contribution in [1.29, 1.82) is 0 Å². The normalized spacial score (nSPS) is 10.5. The average Bonchev–Trinajstić information content (AvgIpc) is 2.57. The molecule has 0 aromatic carbocycles. The quantitative estimate of drug-likeness (QED) is 0.577. The molecule has 6 heteroatoms. The van der Waals surface area contributed by atoms with Crippen LogP contribution < -0.4 is 11.3 Å². The van der Waals surface area contributed by atoms with Crippen LogP contribution in [0.4, 0.5) is 5.95 Å². The van der Waals surface area contributed by atoms with Gasteiger partial charge < -0.3 is 0 Å². The van der Waals surface area contributed by atoms with Gasteiger partial charge in [-0.05, 0) is 26.8 Å². The second-order valence-corrected chi connectivity index (χ2v) is 3.67. The molecule has 2 heterocycles. The Morgan fingerprint density at radius 2 is 1.88 bits per heavy atom. The first-order valence-electron chi connectivity index (χ1n) is 4.96. The molecule has 16 heavy (non-hydrogen) atoms. The lowest BCUT2D eigenvalue weighted by atomic mass is 10.4. The van der Waals surface area contributed by atoms with E-state index >= 15 is 0 Å². The molecular formula is C10H14N6. The topological polar surface area (TPSA) is 81.7 Å². The van der Waals surface area contributed by atoms with Gasteiger partial charge in [-0.3, -0.25) is 5.43 Å². The van der Waals surface area contributed by atoms with Crippen LogP contribution in [0.1, 0.15) is 17.1 Å². The molecule has 0 aliphatic carbocycles. The fourth-order valence-electron chi connectivity index (χ4n) is 1.59. The van der Waals surface area contributed by atoms with Crippen molar-refractivity contribution >= 4 is 5.95 Å². The molecule has 84 valence electrons. The van der Waals surface area contributed by atoms with Gasteiger partial charge in [0.15, 0.2) is 5.82 Å². The van der Waals surface area contributed by atoms with E-state index < -0.39 is 0 Å². The van der Waals surface area contributed by atoms with Crippen LogP contribution in [-0.2, 0) is 0 Å². The molecule has 0 unspecified atom stereocenters. The van der Waals surface area contributed by atoms with Gasteiger partial charge in [-0.2, -0.15) is 10.1 Å². The fourth-order valence-corrected chi connectivity index (χ4v) is 1.59. The second-order valence-electron chi connectivity index (χ2n) is 3.67. The van der Waals surface area contributed by atoms with Crippen LogP contribution in [0, 0.1) is 20.8 Å². The first kappa shape index (κ1) is 10.6. The zero-order valence-corrected chi connectivity index (χ0v) is 9.52. The number of aromatic nitrogens is 4. The maximum absolute atomic E-state index is 5.30. The molecule has 0 saturated heterocycles. The number of aryl methyl sites for hydroxylation is 3. The molecule has 0 radical (unpaired) electrons. The van der Waals surface area contributed by atoms with E-state index in [1.54, 1.807) is 4.68 Å². The van der Waals surface area contributed by atoms with Crippen molar-refractivity contribution in [3.8, 4) is 5.82 Å². The van der Waals surface area contributed by atoms with Crippen LogP contribution in [0.25, 0.3) is 5.82 Å². The molecule has 0 spiro atoms. The van der Waals surface area contributed by atoms with Crippen molar-refractivity contribution in [3.05, 3.63) is 29.2 Å². The minimum atomic E-state index is 0.391. The summed E-state index contributed by atoms with van der Waals surface area (Å²) in [5.74, 6) is 6.41. The first-order valence-corrected chi connectivity index (χ1v) is 4.96. The molecule has 2 aromatic heterocycles. The molecule has 0 saturated carbocycles. The molecule has 0 amide bonds. The zero-order chi connectivity index (χ0) is 11.7. The van der Waals surface area contributed by atoms with Crippen molar-refractivity contribution in [1.82, 2.24) is 19.7 Å². The first-order chi connectivity index (χ1) is 7.60. The Kier molecular flexibility index (Phi) is 2.57. The van der Waals surface area contributed by atoms with Crippen LogP contribution in [0.3, 0.4) is 0 Å². The van der Waals surface area contributed by atoms with E-state index in [1.807, 2.05) is 32.9 Å². The molecule has 0 aliphatic rings. The number of nitrogens with two attached hydrogens (primary N) is 1. The predicted molar refractivity (Wildman–Crippen MR) is 61.2 cm³/mol. The van der Waals surface area contributed by atoms with Crippen LogP contribution in [0.2, 0.25) is 0 Å². The van der Waals surface area contributed by atoms with E-state index in [0.29, 0.717) is 11.8 Å². The highest BCUT2D eigenvalue weighted by molar-refractivity contribution is 5.34. The number of nitrogens with zero attached hydrogens (tertiary/aromatic N) is 4. The van der Waals surface area contributed by atoms with Gasteiger partial charge >= 0.3 is 0 Å². The van der Waals surface area contributed by atoms with E-state index in [-0.39, 0.29) is 0 Å². The lowest BCUT2D eigenvalue weighted by Gasteiger charge is -2.06. The van der Waals surface area contributed by atoms with Crippen LogP contribution in [0.5, 0.6) is 0 Å². The summed E-state index contributed by atoms with van der Waals surface area (Å²) in [5.41, 5.74) is 5.26. The highest BCUT2D eigenvalue weighted by Crippen LogP contribution is 2.12. The number of hydrogen-bond acceptors (Lipinski definition) is 5. The predicted octanol–water partition coefficient (Wildman–Crippen LogP) is 0.873. The van der Waals surface area contributed by atoms with Gasteiger partial charge in [0, 0.05) is 17.5 Å². The number of nitrogen functional groups attached to an aromatic ring is 1. The number of rotatable bonds is 2. The van der Waals surface area contributed by atoms with E-state index in [1.165, 1.54) is 0 Å². The molecule has 0 bridgehead atoms. The number of hydrazine groups is 1. The zero-order valence-electron chi connectivity index (χ0n) is 9.52. The van der Waals surface area contributed by atoms with Gasteiger partial charge in [0.05, 0.1) is 5.69 Å². The van der Waals surface area contributed by atoms with Gasteiger partial charge in [-0.15, -0.1) is 0 Å². The van der Waals surface area contributed by atoms with Crippen LogP contribution in [-0.4, -0.2) is 19.7 Å². The number of anilines is 1. The molecule has 0 aliphatic heterocycles. The Labute approximate surface area is 93.5 Å². The Bertz CT molecular complexity index is 516. The van der Waals surface area contributed by atoms with Crippen molar-refractivity contribution in [2.45, 2.75) is 20.8 Å². The highest BCUT2D eigenvalue weighted by atomic mass is 15.4. The Hall–Kier alpha value is -1.95. The summed E-state index contributed by atoms with van der Waals surface area (Å²) >= 11 is 0. The number of nitrogens with one attached hydrogen (secondary N) is 1. The molecule has 2 rings (SSSR count). The Morgan fingerprint density at radius 3 is 2.44 bits per heavy atom. The van der Waals surface area contributed by atoms with Gasteiger partial charge in [0.25, 0.3) is 0 Å². The average molecular weight is 218 g/mol. The Morgan fingerprint density at radius 1 is 1.12 bits per heavy atom. The third-order valence-electron chi connectivity index (χ3n) is 2.20. The van der Waals surface area contributed by atoms with Gasteiger partial charge in [0.1, 0.15) is 0 Å². The summed E-state index contributed by atoms with van der Waals surface area (Å²) in [6.45, 7) is 5.81. The van der Waals surface area contributed by atoms with Crippen LogP contribution in [0.15, 0.2) is 12.1 Å². The van der Waals surface area contributed by atoms with E-state index in [9.17, 15) is 0 Å². The van der Waals surface area contributed by atoms with Crippen molar-refractivity contribution in [3.63, 3.8) is 0 Å². The van der Waals surface area contributed by atoms with Crippen molar-refractivity contribution in [2.24, 2.45) is 5.84 Å². The number of hydrogen-bond donors (Lipinski definition) is 2. The van der Waals surface area contributed by atoms with Gasteiger partial charge in [0.2, 0.25) is 5.95 Å². The highest BCUT2D eigenvalue weighted by Gasteiger charge is 2.07. The molecular weight excluding hydrogens is 204 g/mol. The lowest BCUT2D eigenvalue weighted by Crippen LogP contribution is -2.13. The van der Waals surface area contributed by atoms with Gasteiger partial charge in [-0.25, -0.2) is 15.5 Å². The summed E-state index contributed by atoms with van der Waals surface area (Å²) < 4.78 is 1.77. The third kappa shape index (κ3) is 1.87. The van der Waals surface area contributed by atoms with Crippen LogP contribution >= 0.6 is 0 Å². The van der Waals surface area contributed by atoms with E-state index in [4.69, 9.17) is 5.84 Å². The maximum Gasteiger partial charge on any atom is 0.239 e. The largest absolute Gasteiger partial charge is 0.292 e. The summed E-state index contributed by atoms with van der Waals surface area (Å²) in [7, 11) is 0. The monoisotopic (exact) mass is 218 g/mol. The maximum atomic E-state index is 5.30. The Balaban J connectivity index is 2.55. The smallest absolute Gasteiger partial charge is 0.239 e. The van der Waals surface area contributed by atoms with E-state index in [0.717, 1.165) is 17.1 Å². The van der Waals surface area contributed by atoms with Crippen molar-refractivity contribution < 1.29 is 0 Å². The standard InChI is InChI=1S/C10H14N6/c1-6-5-9(13-10(12-6)14-11)16-8(3)4-7(2)15-16/h4-5H,11H2,1-3H3,(H,12,13,14). The summed E-state index contributed by atoms with van der Waals surface area (Å²) in [4.78, 5) is 8.38. The fraction of sp³-hybridized carbons (Fsp3) is 0.300. The molecule has 6 nitrogen and oxygen atoms in total. The van der Waals surface area contributed by atoms with Gasteiger partial charge in [-0.1, -0.05) is 0 Å².